The lowest BCUT2D eigenvalue weighted by Gasteiger charge is -2.28. The minimum Gasteiger partial charge on any atom is -0.491 e. The number of fused-ring (bicyclic) bond motifs is 1. The molecule has 1 fully saturated rings. The number of sulfonamides is 1. The van der Waals surface area contributed by atoms with Crippen LogP contribution in [0.15, 0.2) is 46.2 Å². The van der Waals surface area contributed by atoms with Gasteiger partial charge in [-0.3, -0.25) is 4.79 Å². The van der Waals surface area contributed by atoms with Gasteiger partial charge in [0.15, 0.2) is 0 Å². The van der Waals surface area contributed by atoms with Crippen LogP contribution in [0.5, 0.6) is 5.75 Å². The molecular weight excluding hydrogens is 479 g/mol. The van der Waals surface area contributed by atoms with Crippen LogP contribution in [-0.4, -0.2) is 44.9 Å². The van der Waals surface area contributed by atoms with E-state index >= 15 is 0 Å². The lowest BCUT2D eigenvalue weighted by molar-refractivity contribution is -0.144. The third-order valence-corrected chi connectivity index (χ3v) is 8.71. The lowest BCUT2D eigenvalue weighted by atomic mass is 10.1. The number of thioether (sulfide) groups is 1. The van der Waals surface area contributed by atoms with Gasteiger partial charge in [-0.15, -0.1) is 11.8 Å². The molecule has 1 heterocycles. The van der Waals surface area contributed by atoms with Gasteiger partial charge in [-0.1, -0.05) is 19.8 Å². The fourth-order valence-corrected chi connectivity index (χ4v) is 6.13. The lowest BCUT2D eigenvalue weighted by Crippen LogP contribution is -2.39. The molecule has 1 aliphatic heterocycles. The number of nitrogens with one attached hydrogen (secondary N) is 1. The zero-order chi connectivity index (χ0) is 24.5. The molecule has 0 spiro atoms. The van der Waals surface area contributed by atoms with E-state index in [1.165, 1.54) is 30.0 Å². The Morgan fingerprint density at radius 1 is 1.29 bits per heavy atom. The van der Waals surface area contributed by atoms with Gasteiger partial charge >= 0.3 is 5.97 Å². The number of anilines is 2. The molecule has 0 aromatic heterocycles. The maximum absolute atomic E-state index is 13.6. The number of ether oxygens (including phenoxy) is 1. The molecule has 1 aliphatic carbocycles. The van der Waals surface area contributed by atoms with Crippen molar-refractivity contribution in [2.45, 2.75) is 54.9 Å². The van der Waals surface area contributed by atoms with Crippen molar-refractivity contribution in [3.8, 4) is 5.75 Å². The molecule has 4 rings (SSSR count). The SMILES string of the molecule is CCCCC1CN(c2ccc(F)cc2)c2cc(SC)c(OCC3(C(=O)O)CC3)cc2S(=O)(=O)N1. The van der Waals surface area contributed by atoms with E-state index in [0.717, 1.165) is 12.8 Å². The summed E-state index contributed by atoms with van der Waals surface area (Å²) in [6, 6.07) is 8.92. The minimum absolute atomic E-state index is 0.0110. The van der Waals surface area contributed by atoms with E-state index in [9.17, 15) is 22.7 Å². The summed E-state index contributed by atoms with van der Waals surface area (Å²) in [5, 5.41) is 9.48. The van der Waals surface area contributed by atoms with Gasteiger partial charge < -0.3 is 14.7 Å². The Bertz CT molecular complexity index is 1170. The first-order valence-corrected chi connectivity index (χ1v) is 14.0. The van der Waals surface area contributed by atoms with Crippen molar-refractivity contribution in [3.63, 3.8) is 0 Å². The van der Waals surface area contributed by atoms with E-state index < -0.39 is 21.4 Å². The number of hydrogen-bond acceptors (Lipinski definition) is 6. The van der Waals surface area contributed by atoms with Gasteiger partial charge in [-0.05, 0) is 55.9 Å². The second-order valence-corrected chi connectivity index (χ2v) is 11.4. The summed E-state index contributed by atoms with van der Waals surface area (Å²) in [5.74, 6) is -0.924. The zero-order valence-electron chi connectivity index (χ0n) is 19.2. The maximum Gasteiger partial charge on any atom is 0.313 e. The minimum atomic E-state index is -3.88. The molecule has 10 heteroatoms. The molecule has 2 N–H and O–H groups in total. The Morgan fingerprint density at radius 3 is 2.59 bits per heavy atom. The van der Waals surface area contributed by atoms with Gasteiger partial charge in [0.25, 0.3) is 0 Å². The van der Waals surface area contributed by atoms with Crippen molar-refractivity contribution >= 4 is 39.1 Å². The molecule has 0 radical (unpaired) electrons. The van der Waals surface area contributed by atoms with E-state index in [1.54, 1.807) is 18.2 Å². The van der Waals surface area contributed by atoms with Gasteiger partial charge in [-0.2, -0.15) is 0 Å². The van der Waals surface area contributed by atoms with Crippen LogP contribution in [-0.2, 0) is 14.8 Å². The fraction of sp³-hybridized carbons (Fsp3) is 0.458. The highest BCUT2D eigenvalue weighted by Crippen LogP contribution is 2.47. The van der Waals surface area contributed by atoms with Crippen LogP contribution in [0.4, 0.5) is 15.8 Å². The molecule has 1 atom stereocenters. The molecule has 2 aromatic carbocycles. The number of unbranched alkanes of at least 4 members (excludes halogenated alkanes) is 1. The Kier molecular flexibility index (Phi) is 7.12. The van der Waals surface area contributed by atoms with E-state index in [2.05, 4.69) is 11.6 Å². The number of nitrogens with zero attached hydrogens (tertiary/aromatic N) is 1. The van der Waals surface area contributed by atoms with Crippen LogP contribution in [0.3, 0.4) is 0 Å². The van der Waals surface area contributed by atoms with Crippen molar-refractivity contribution in [2.24, 2.45) is 5.41 Å². The first-order chi connectivity index (χ1) is 16.2. The van der Waals surface area contributed by atoms with E-state index in [1.807, 2.05) is 11.2 Å². The fourth-order valence-electron chi connectivity index (χ4n) is 4.12. The van der Waals surface area contributed by atoms with Crippen LogP contribution in [0.1, 0.15) is 39.0 Å². The van der Waals surface area contributed by atoms with E-state index in [4.69, 9.17) is 4.74 Å². The highest BCUT2D eigenvalue weighted by atomic mass is 32.2. The smallest absolute Gasteiger partial charge is 0.313 e. The highest BCUT2D eigenvalue weighted by molar-refractivity contribution is 7.98. The second-order valence-electron chi connectivity index (χ2n) is 8.89. The van der Waals surface area contributed by atoms with Gasteiger partial charge in [0, 0.05) is 24.3 Å². The molecule has 34 heavy (non-hydrogen) atoms. The number of carboxylic acids is 1. The molecule has 7 nitrogen and oxygen atoms in total. The number of rotatable bonds is 9. The standard InChI is InChI=1S/C24H29FN2O5S2/c1-3-4-5-17-14-27(18-8-6-16(25)7-9-18)19-12-21(33-2)20(13-22(19)34(30,31)26-17)32-15-24(10-11-24)23(28)29/h6-9,12-13,17,26H,3-5,10-11,14-15H2,1-2H3,(H,28,29). The average Bonchev–Trinajstić information content (AvgIpc) is 3.61. The van der Waals surface area contributed by atoms with Crippen LogP contribution in [0.25, 0.3) is 0 Å². The van der Waals surface area contributed by atoms with Gasteiger partial charge in [0.2, 0.25) is 10.0 Å². The summed E-state index contributed by atoms with van der Waals surface area (Å²) in [6.07, 6.45) is 5.40. The molecule has 0 saturated heterocycles. The Hall–Kier alpha value is -2.30. The highest BCUT2D eigenvalue weighted by Gasteiger charge is 2.51. The molecule has 2 aliphatic rings. The number of carbonyl (C=O) groups is 1. The number of carboxylic acid groups (broad SMARTS) is 1. The maximum atomic E-state index is 13.6. The average molecular weight is 509 g/mol. The summed E-state index contributed by atoms with van der Waals surface area (Å²) >= 11 is 1.39. The van der Waals surface area contributed by atoms with Crippen molar-refractivity contribution in [1.29, 1.82) is 0 Å². The predicted octanol–water partition coefficient (Wildman–Crippen LogP) is 4.78. The van der Waals surface area contributed by atoms with Crippen LogP contribution in [0.2, 0.25) is 0 Å². The van der Waals surface area contributed by atoms with E-state index in [-0.39, 0.29) is 23.4 Å². The first kappa shape index (κ1) is 24.8. The number of halogens is 1. The second kappa shape index (κ2) is 9.75. The molecule has 0 bridgehead atoms. The van der Waals surface area contributed by atoms with Gasteiger partial charge in [0.05, 0.1) is 10.6 Å². The Morgan fingerprint density at radius 2 is 2.00 bits per heavy atom. The summed E-state index contributed by atoms with van der Waals surface area (Å²) in [5.41, 5.74) is 0.270. The molecule has 1 saturated carbocycles. The summed E-state index contributed by atoms with van der Waals surface area (Å²) in [4.78, 5) is 14.2. The number of benzene rings is 2. The van der Waals surface area contributed by atoms with Gasteiger partial charge in [-0.25, -0.2) is 17.5 Å². The summed E-state index contributed by atoms with van der Waals surface area (Å²) in [6.45, 7) is 2.44. The Labute approximate surface area is 203 Å². The quantitative estimate of drug-likeness (QED) is 0.471. The summed E-state index contributed by atoms with van der Waals surface area (Å²) in [7, 11) is -3.88. The molecular formula is C24H29FN2O5S2. The third-order valence-electron chi connectivity index (χ3n) is 6.41. The largest absolute Gasteiger partial charge is 0.491 e. The van der Waals surface area contributed by atoms with Crippen LogP contribution in [0, 0.1) is 11.2 Å². The molecule has 0 amide bonds. The van der Waals surface area contributed by atoms with E-state index in [0.29, 0.717) is 47.8 Å². The predicted molar refractivity (Wildman–Crippen MR) is 130 cm³/mol. The van der Waals surface area contributed by atoms with Crippen molar-refractivity contribution in [3.05, 3.63) is 42.2 Å². The van der Waals surface area contributed by atoms with Crippen LogP contribution >= 0.6 is 11.8 Å². The topological polar surface area (TPSA) is 95.9 Å². The van der Waals surface area contributed by atoms with Crippen LogP contribution < -0.4 is 14.4 Å². The van der Waals surface area contributed by atoms with Crippen molar-refractivity contribution in [1.82, 2.24) is 4.72 Å². The third kappa shape index (κ3) is 5.04. The first-order valence-electron chi connectivity index (χ1n) is 11.3. The molecule has 2 aromatic rings. The number of hydrogen-bond donors (Lipinski definition) is 2. The monoisotopic (exact) mass is 508 g/mol. The van der Waals surface area contributed by atoms with Crippen molar-refractivity contribution < 1.29 is 27.4 Å². The normalized spacial score (nSPS) is 20.3. The molecule has 184 valence electrons. The molecule has 1 unspecified atom stereocenters. The Balaban J connectivity index is 1.78. The van der Waals surface area contributed by atoms with Crippen molar-refractivity contribution in [2.75, 3.05) is 24.3 Å². The van der Waals surface area contributed by atoms with Gasteiger partial charge in [0.1, 0.15) is 28.5 Å². The summed E-state index contributed by atoms with van der Waals surface area (Å²) < 4.78 is 49.2. The zero-order valence-corrected chi connectivity index (χ0v) is 20.8. The number of aliphatic carboxylic acids is 1.